The first kappa shape index (κ1) is 21.9. The molecular formula is C19H35IO2. The predicted octanol–water partition coefficient (Wildman–Crippen LogP) is 7.26. The summed E-state index contributed by atoms with van der Waals surface area (Å²) in [6, 6.07) is 0. The van der Waals surface area contributed by atoms with Gasteiger partial charge in [-0.3, -0.25) is 4.79 Å². The Kier molecular flexibility index (Phi) is 18.9. The van der Waals surface area contributed by atoms with E-state index in [-0.39, 0.29) is 0 Å². The zero-order chi connectivity index (χ0) is 16.3. The summed E-state index contributed by atoms with van der Waals surface area (Å²) in [5, 5.41) is 8.54. The molecule has 0 aliphatic heterocycles. The van der Waals surface area contributed by atoms with Gasteiger partial charge in [0.15, 0.2) is 0 Å². The summed E-state index contributed by atoms with van der Waals surface area (Å²) in [6.45, 7) is 0. The number of allylic oxidation sites excluding steroid dienone is 1. The van der Waals surface area contributed by atoms with Crippen molar-refractivity contribution in [1.82, 2.24) is 0 Å². The molecule has 0 amide bonds. The van der Waals surface area contributed by atoms with E-state index in [4.69, 9.17) is 5.11 Å². The van der Waals surface area contributed by atoms with Gasteiger partial charge in [0.1, 0.15) is 0 Å². The van der Waals surface area contributed by atoms with Crippen LogP contribution in [0.4, 0.5) is 0 Å². The molecule has 0 saturated heterocycles. The van der Waals surface area contributed by atoms with Crippen LogP contribution in [0.25, 0.3) is 0 Å². The molecule has 2 nitrogen and oxygen atoms in total. The monoisotopic (exact) mass is 420 g/mol. The zero-order valence-corrected chi connectivity index (χ0v) is 16.4. The highest BCUT2D eigenvalue weighted by molar-refractivity contribution is 14.1. The molecule has 0 rings (SSSR count). The lowest BCUT2D eigenvalue weighted by Gasteiger charge is -2.03. The molecule has 0 aromatic rings. The van der Waals surface area contributed by atoms with Gasteiger partial charge in [0.25, 0.3) is 0 Å². The molecule has 130 valence electrons. The average Bonchev–Trinajstić information content (AvgIpc) is 2.50. The third-order valence-corrected chi connectivity index (χ3v) is 4.61. The third-order valence-electron chi connectivity index (χ3n) is 4.10. The molecule has 0 heterocycles. The van der Waals surface area contributed by atoms with Crippen molar-refractivity contribution in [2.75, 3.05) is 0 Å². The Balaban J connectivity index is 2.98. The first-order chi connectivity index (χ1) is 10.8. The molecule has 0 aromatic heterocycles. The van der Waals surface area contributed by atoms with Crippen LogP contribution in [0.15, 0.2) is 10.2 Å². The van der Waals surface area contributed by atoms with Crippen molar-refractivity contribution in [3.63, 3.8) is 0 Å². The molecule has 0 aliphatic rings. The summed E-state index contributed by atoms with van der Waals surface area (Å²) in [5.41, 5.74) is 0. The highest BCUT2D eigenvalue weighted by Gasteiger charge is 1.97. The summed E-state index contributed by atoms with van der Waals surface area (Å²) in [4.78, 5) is 10.4. The molecule has 0 bridgehead atoms. The summed E-state index contributed by atoms with van der Waals surface area (Å²) in [6.07, 6.45) is 22.1. The van der Waals surface area contributed by atoms with Crippen LogP contribution in [0.3, 0.4) is 0 Å². The van der Waals surface area contributed by atoms with E-state index in [0.717, 1.165) is 12.8 Å². The molecule has 0 radical (unpaired) electrons. The zero-order valence-electron chi connectivity index (χ0n) is 14.2. The Morgan fingerprint density at radius 1 is 0.682 bits per heavy atom. The van der Waals surface area contributed by atoms with E-state index in [1.165, 1.54) is 83.5 Å². The molecule has 3 heteroatoms. The number of aliphatic carboxylic acids is 1. The molecule has 22 heavy (non-hydrogen) atoms. The number of hydrogen-bond donors (Lipinski definition) is 1. The van der Waals surface area contributed by atoms with Crippen molar-refractivity contribution in [2.24, 2.45) is 0 Å². The van der Waals surface area contributed by atoms with Gasteiger partial charge in [-0.1, -0.05) is 106 Å². The van der Waals surface area contributed by atoms with Crippen LogP contribution in [0, 0.1) is 0 Å². The molecule has 0 fully saturated rings. The van der Waals surface area contributed by atoms with Crippen LogP contribution in [0.2, 0.25) is 0 Å². The smallest absolute Gasteiger partial charge is 0.303 e. The molecule has 1 N–H and O–H groups in total. The third kappa shape index (κ3) is 19.9. The van der Waals surface area contributed by atoms with Gasteiger partial charge in [0.05, 0.1) is 0 Å². The van der Waals surface area contributed by atoms with Crippen LogP contribution in [0.1, 0.15) is 103 Å². The molecule has 0 unspecified atom stereocenters. The van der Waals surface area contributed by atoms with E-state index in [9.17, 15) is 4.79 Å². The molecule has 0 saturated carbocycles. The summed E-state index contributed by atoms with van der Waals surface area (Å²) < 4.78 is 2.12. The minimum atomic E-state index is -0.655. The number of halogens is 1. The molecule has 0 aliphatic carbocycles. The molecule has 0 aromatic carbocycles. The van der Waals surface area contributed by atoms with Gasteiger partial charge in [0, 0.05) is 6.42 Å². The van der Waals surface area contributed by atoms with E-state index in [1.54, 1.807) is 0 Å². The summed E-state index contributed by atoms with van der Waals surface area (Å²) in [5.74, 6) is -0.655. The van der Waals surface area contributed by atoms with Crippen molar-refractivity contribution < 1.29 is 9.90 Å². The van der Waals surface area contributed by atoms with Gasteiger partial charge in [-0.2, -0.15) is 0 Å². The van der Waals surface area contributed by atoms with E-state index in [1.807, 2.05) is 0 Å². The Morgan fingerprint density at radius 3 is 1.41 bits per heavy atom. The topological polar surface area (TPSA) is 37.3 Å². The Labute approximate surface area is 151 Å². The summed E-state index contributed by atoms with van der Waals surface area (Å²) in [7, 11) is 0. The van der Waals surface area contributed by atoms with Crippen molar-refractivity contribution in [3.05, 3.63) is 10.2 Å². The molecule has 0 spiro atoms. The van der Waals surface area contributed by atoms with Crippen LogP contribution in [-0.2, 0) is 4.79 Å². The van der Waals surface area contributed by atoms with Gasteiger partial charge in [0.2, 0.25) is 0 Å². The van der Waals surface area contributed by atoms with Gasteiger partial charge in [-0.25, -0.2) is 0 Å². The lowest BCUT2D eigenvalue weighted by Crippen LogP contribution is -1.93. The first-order valence-corrected chi connectivity index (χ1v) is 10.5. The number of rotatable bonds is 17. The Hall–Kier alpha value is -0.0600. The molecule has 0 atom stereocenters. The van der Waals surface area contributed by atoms with Crippen molar-refractivity contribution in [1.29, 1.82) is 0 Å². The Morgan fingerprint density at radius 2 is 1.05 bits per heavy atom. The van der Waals surface area contributed by atoms with Gasteiger partial charge in [-0.05, 0) is 23.3 Å². The number of carbonyl (C=O) groups is 1. The SMILES string of the molecule is O=C(O)CCCCCCCCCCCCCCCC/C=C/[125I]. The Bertz CT molecular complexity index is 264. The van der Waals surface area contributed by atoms with Crippen LogP contribution < -0.4 is 0 Å². The highest BCUT2D eigenvalue weighted by atomic mass is 125. The van der Waals surface area contributed by atoms with Gasteiger partial charge < -0.3 is 5.11 Å². The van der Waals surface area contributed by atoms with E-state index in [0.29, 0.717) is 6.42 Å². The fraction of sp³-hybridized carbons (Fsp3) is 0.842. The second-order valence-corrected chi connectivity index (χ2v) is 6.96. The number of hydrogen-bond acceptors (Lipinski definition) is 1. The second kappa shape index (κ2) is 19.0. The fourth-order valence-corrected chi connectivity index (χ4v) is 3.08. The van der Waals surface area contributed by atoms with Crippen molar-refractivity contribution in [2.45, 2.75) is 103 Å². The summed E-state index contributed by atoms with van der Waals surface area (Å²) >= 11 is 2.29. The lowest BCUT2D eigenvalue weighted by molar-refractivity contribution is -0.137. The standard InChI is InChI=1S/C19H35IO2/c20-18-16-14-12-10-8-6-4-2-1-3-5-7-9-11-13-15-17-19(21)22/h16,18H,1-15,17H2,(H,21,22)/b18-16+/i20-2. The second-order valence-electron chi connectivity index (χ2n) is 6.24. The van der Waals surface area contributed by atoms with Crippen molar-refractivity contribution >= 4 is 28.6 Å². The maximum Gasteiger partial charge on any atom is 0.303 e. The number of unbranched alkanes of at least 4 members (excludes halogenated alkanes) is 14. The van der Waals surface area contributed by atoms with Crippen LogP contribution in [0.5, 0.6) is 0 Å². The van der Waals surface area contributed by atoms with E-state index in [2.05, 4.69) is 32.7 Å². The van der Waals surface area contributed by atoms with Crippen LogP contribution >= 0.6 is 22.6 Å². The number of carboxylic acids is 1. The quantitative estimate of drug-likeness (QED) is 0.199. The maximum absolute atomic E-state index is 10.4. The largest absolute Gasteiger partial charge is 0.481 e. The van der Waals surface area contributed by atoms with E-state index >= 15 is 0 Å². The minimum Gasteiger partial charge on any atom is -0.481 e. The first-order valence-electron chi connectivity index (χ1n) is 9.24. The number of carboxylic acid groups (broad SMARTS) is 1. The van der Waals surface area contributed by atoms with Gasteiger partial charge in [-0.15, -0.1) is 0 Å². The molecular weight excluding hydrogens is 385 g/mol. The maximum atomic E-state index is 10.4. The normalized spacial score (nSPS) is 11.3. The predicted molar refractivity (Wildman–Crippen MR) is 105 cm³/mol. The minimum absolute atomic E-state index is 0.342. The van der Waals surface area contributed by atoms with Gasteiger partial charge >= 0.3 is 5.97 Å². The highest BCUT2D eigenvalue weighted by Crippen LogP contribution is 2.13. The van der Waals surface area contributed by atoms with E-state index < -0.39 is 5.97 Å². The van der Waals surface area contributed by atoms with Crippen molar-refractivity contribution in [3.8, 4) is 0 Å². The lowest BCUT2D eigenvalue weighted by atomic mass is 10.0. The fourth-order valence-electron chi connectivity index (χ4n) is 2.72. The average molecular weight is 420 g/mol. The van der Waals surface area contributed by atoms with Crippen LogP contribution in [-0.4, -0.2) is 11.1 Å².